The van der Waals surface area contributed by atoms with E-state index < -0.39 is 0 Å². The van der Waals surface area contributed by atoms with Crippen molar-refractivity contribution in [2.75, 3.05) is 6.54 Å². The monoisotopic (exact) mass is 229 g/mol. The molecule has 2 aromatic rings. The number of hydrogen-bond acceptors (Lipinski definition) is 2. The quantitative estimate of drug-likeness (QED) is 0.869. The standard InChI is InChI=1S/C15H19NO/c1-10-7-11(2)15-12(9-17-14(15)8-10)5-6-16-13-3-4-13/h7-9,13,16H,3-6H2,1-2H3. The molecule has 0 radical (unpaired) electrons. The van der Waals surface area contributed by atoms with Gasteiger partial charge in [-0.05, 0) is 62.4 Å². The molecule has 1 saturated carbocycles. The van der Waals surface area contributed by atoms with Crippen molar-refractivity contribution in [1.29, 1.82) is 0 Å². The second kappa shape index (κ2) is 4.19. The molecule has 90 valence electrons. The lowest BCUT2D eigenvalue weighted by atomic mass is 10.0. The van der Waals surface area contributed by atoms with Gasteiger partial charge >= 0.3 is 0 Å². The molecule has 0 aliphatic heterocycles. The Kier molecular flexibility index (Phi) is 2.67. The van der Waals surface area contributed by atoms with Gasteiger partial charge in [0.15, 0.2) is 0 Å². The van der Waals surface area contributed by atoms with Crippen molar-refractivity contribution in [2.45, 2.75) is 39.2 Å². The Morgan fingerprint density at radius 1 is 1.29 bits per heavy atom. The van der Waals surface area contributed by atoms with Gasteiger partial charge in [-0.3, -0.25) is 0 Å². The Labute approximate surface area is 102 Å². The van der Waals surface area contributed by atoms with Gasteiger partial charge in [0.25, 0.3) is 0 Å². The second-order valence-electron chi connectivity index (χ2n) is 5.19. The summed E-state index contributed by atoms with van der Waals surface area (Å²) >= 11 is 0. The fourth-order valence-electron chi connectivity index (χ4n) is 2.51. The number of benzene rings is 1. The molecule has 0 spiro atoms. The molecule has 0 atom stereocenters. The molecular formula is C15H19NO. The largest absolute Gasteiger partial charge is 0.464 e. The predicted octanol–water partition coefficient (Wildman–Crippen LogP) is 3.34. The fourth-order valence-corrected chi connectivity index (χ4v) is 2.51. The first kappa shape index (κ1) is 10.8. The molecule has 17 heavy (non-hydrogen) atoms. The van der Waals surface area contributed by atoms with Crippen LogP contribution in [-0.4, -0.2) is 12.6 Å². The average Bonchev–Trinajstić information content (AvgIpc) is 3.00. The summed E-state index contributed by atoms with van der Waals surface area (Å²) in [6, 6.07) is 5.15. The molecule has 1 N–H and O–H groups in total. The number of nitrogens with one attached hydrogen (secondary N) is 1. The first-order valence-electron chi connectivity index (χ1n) is 6.45. The maximum absolute atomic E-state index is 5.66. The van der Waals surface area contributed by atoms with Gasteiger partial charge < -0.3 is 9.73 Å². The second-order valence-corrected chi connectivity index (χ2v) is 5.19. The lowest BCUT2D eigenvalue weighted by Crippen LogP contribution is -2.19. The average molecular weight is 229 g/mol. The Bertz CT molecular complexity index is 537. The van der Waals surface area contributed by atoms with Gasteiger partial charge in [0.2, 0.25) is 0 Å². The van der Waals surface area contributed by atoms with Gasteiger partial charge in [0.1, 0.15) is 5.58 Å². The van der Waals surface area contributed by atoms with Crippen molar-refractivity contribution in [3.63, 3.8) is 0 Å². The minimum Gasteiger partial charge on any atom is -0.464 e. The van der Waals surface area contributed by atoms with Crippen molar-refractivity contribution in [2.24, 2.45) is 0 Å². The molecule has 2 heteroatoms. The molecule has 1 aromatic carbocycles. The van der Waals surface area contributed by atoms with Gasteiger partial charge in [0, 0.05) is 11.4 Å². The van der Waals surface area contributed by atoms with Gasteiger partial charge in [0.05, 0.1) is 6.26 Å². The molecule has 1 aliphatic rings. The highest BCUT2D eigenvalue weighted by Crippen LogP contribution is 2.26. The van der Waals surface area contributed by atoms with E-state index in [0.717, 1.165) is 24.6 Å². The van der Waals surface area contributed by atoms with Crippen molar-refractivity contribution >= 4 is 11.0 Å². The number of fused-ring (bicyclic) bond motifs is 1. The van der Waals surface area contributed by atoms with Crippen LogP contribution < -0.4 is 5.32 Å². The van der Waals surface area contributed by atoms with Crippen molar-refractivity contribution in [1.82, 2.24) is 5.32 Å². The zero-order valence-electron chi connectivity index (χ0n) is 10.5. The number of aryl methyl sites for hydroxylation is 2. The van der Waals surface area contributed by atoms with E-state index in [4.69, 9.17) is 4.42 Å². The van der Waals surface area contributed by atoms with Crippen LogP contribution in [0, 0.1) is 13.8 Å². The smallest absolute Gasteiger partial charge is 0.134 e. The Balaban J connectivity index is 1.83. The number of hydrogen-bond donors (Lipinski definition) is 1. The lowest BCUT2D eigenvalue weighted by molar-refractivity contribution is 0.605. The molecular weight excluding hydrogens is 210 g/mol. The van der Waals surface area contributed by atoms with E-state index in [1.807, 2.05) is 6.26 Å². The summed E-state index contributed by atoms with van der Waals surface area (Å²) in [6.45, 7) is 5.35. The maximum Gasteiger partial charge on any atom is 0.134 e. The van der Waals surface area contributed by atoms with Crippen LogP contribution in [0.5, 0.6) is 0 Å². The van der Waals surface area contributed by atoms with Gasteiger partial charge in [-0.2, -0.15) is 0 Å². The third-order valence-corrected chi connectivity index (χ3v) is 3.50. The Morgan fingerprint density at radius 3 is 2.88 bits per heavy atom. The van der Waals surface area contributed by atoms with Crippen molar-refractivity contribution in [3.05, 3.63) is 35.1 Å². The summed E-state index contributed by atoms with van der Waals surface area (Å²) < 4.78 is 5.66. The number of furan rings is 1. The van der Waals surface area contributed by atoms with Crippen LogP contribution in [0.3, 0.4) is 0 Å². The first-order valence-corrected chi connectivity index (χ1v) is 6.45. The first-order chi connectivity index (χ1) is 8.24. The highest BCUT2D eigenvalue weighted by atomic mass is 16.3. The molecule has 1 heterocycles. The summed E-state index contributed by atoms with van der Waals surface area (Å²) in [5, 5.41) is 4.86. The van der Waals surface area contributed by atoms with E-state index >= 15 is 0 Å². The summed E-state index contributed by atoms with van der Waals surface area (Å²) in [5.41, 5.74) is 4.97. The lowest BCUT2D eigenvalue weighted by Gasteiger charge is -2.03. The third kappa shape index (κ3) is 2.22. The molecule has 1 aliphatic carbocycles. The van der Waals surface area contributed by atoms with Crippen molar-refractivity contribution in [3.8, 4) is 0 Å². The van der Waals surface area contributed by atoms with Crippen LogP contribution in [0.25, 0.3) is 11.0 Å². The highest BCUT2D eigenvalue weighted by molar-refractivity contribution is 5.85. The maximum atomic E-state index is 5.66. The van der Waals surface area contributed by atoms with Gasteiger partial charge in [-0.1, -0.05) is 6.07 Å². The van der Waals surface area contributed by atoms with Gasteiger partial charge in [-0.25, -0.2) is 0 Å². The van der Waals surface area contributed by atoms with Crippen LogP contribution in [-0.2, 0) is 6.42 Å². The van der Waals surface area contributed by atoms with Crippen LogP contribution in [0.4, 0.5) is 0 Å². The zero-order chi connectivity index (χ0) is 11.8. The SMILES string of the molecule is Cc1cc(C)c2c(CCNC3CC3)coc2c1. The van der Waals surface area contributed by atoms with E-state index in [0.29, 0.717) is 0 Å². The van der Waals surface area contributed by atoms with E-state index in [9.17, 15) is 0 Å². The van der Waals surface area contributed by atoms with Crippen LogP contribution in [0.2, 0.25) is 0 Å². The molecule has 0 bridgehead atoms. The highest BCUT2D eigenvalue weighted by Gasteiger charge is 2.20. The zero-order valence-corrected chi connectivity index (χ0v) is 10.5. The van der Waals surface area contributed by atoms with Gasteiger partial charge in [-0.15, -0.1) is 0 Å². The van der Waals surface area contributed by atoms with E-state index in [1.54, 1.807) is 0 Å². The van der Waals surface area contributed by atoms with Crippen LogP contribution in [0.15, 0.2) is 22.8 Å². The third-order valence-electron chi connectivity index (χ3n) is 3.50. The summed E-state index contributed by atoms with van der Waals surface area (Å²) in [7, 11) is 0. The number of rotatable bonds is 4. The van der Waals surface area contributed by atoms with Crippen LogP contribution >= 0.6 is 0 Å². The molecule has 3 rings (SSSR count). The fraction of sp³-hybridized carbons (Fsp3) is 0.467. The molecule has 0 amide bonds. The van der Waals surface area contributed by atoms with Crippen LogP contribution in [0.1, 0.15) is 29.5 Å². The summed E-state index contributed by atoms with van der Waals surface area (Å²) in [5.74, 6) is 0. The molecule has 1 aromatic heterocycles. The topological polar surface area (TPSA) is 25.2 Å². The van der Waals surface area contributed by atoms with Crippen molar-refractivity contribution < 1.29 is 4.42 Å². The minimum absolute atomic E-state index is 0.788. The molecule has 2 nitrogen and oxygen atoms in total. The molecule has 0 unspecified atom stereocenters. The summed E-state index contributed by atoms with van der Waals surface area (Å²) in [6.07, 6.45) is 5.69. The Hall–Kier alpha value is -1.28. The molecule has 1 fully saturated rings. The normalized spacial score (nSPS) is 15.6. The summed E-state index contributed by atoms with van der Waals surface area (Å²) in [4.78, 5) is 0. The minimum atomic E-state index is 0.788. The van der Waals surface area contributed by atoms with E-state index in [1.165, 1.54) is 34.9 Å². The Morgan fingerprint density at radius 2 is 2.12 bits per heavy atom. The predicted molar refractivity (Wildman–Crippen MR) is 70.4 cm³/mol. The molecule has 0 saturated heterocycles. The van der Waals surface area contributed by atoms with E-state index in [2.05, 4.69) is 31.3 Å². The van der Waals surface area contributed by atoms with E-state index in [-0.39, 0.29) is 0 Å².